The zero-order valence-corrected chi connectivity index (χ0v) is 18.3. The van der Waals surface area contributed by atoms with Gasteiger partial charge in [-0.25, -0.2) is 9.07 Å². The molecule has 0 saturated carbocycles. The highest BCUT2D eigenvalue weighted by Crippen LogP contribution is 2.31. The molecule has 0 radical (unpaired) electrons. The van der Waals surface area contributed by atoms with Crippen molar-refractivity contribution in [3.8, 4) is 11.1 Å². The number of hydrogen-bond acceptors (Lipinski definition) is 7. The summed E-state index contributed by atoms with van der Waals surface area (Å²) < 4.78 is 1.62. The van der Waals surface area contributed by atoms with Gasteiger partial charge in [-0.2, -0.15) is 5.10 Å². The molecule has 0 aliphatic carbocycles. The molecule has 4 N–H and O–H groups in total. The number of nitrogen functional groups attached to an aromatic ring is 1. The Bertz CT molecular complexity index is 1320. The summed E-state index contributed by atoms with van der Waals surface area (Å²) in [7, 11) is 0. The lowest BCUT2D eigenvalue weighted by Crippen LogP contribution is -2.29. The van der Waals surface area contributed by atoms with Crippen molar-refractivity contribution in [1.82, 2.24) is 19.2 Å². The Kier molecular flexibility index (Phi) is 6.04. The number of benzene rings is 1. The Hall–Kier alpha value is -3.92. The number of anilines is 3. The molecule has 3 heterocycles. The monoisotopic (exact) mass is 447 g/mol. The summed E-state index contributed by atoms with van der Waals surface area (Å²) >= 11 is 1.47. The summed E-state index contributed by atoms with van der Waals surface area (Å²) in [6.07, 6.45) is 8.21. The van der Waals surface area contributed by atoms with E-state index >= 15 is 0 Å². The van der Waals surface area contributed by atoms with E-state index in [0.29, 0.717) is 11.4 Å². The summed E-state index contributed by atoms with van der Waals surface area (Å²) in [6.45, 7) is 3.99. The standard InChI is InChI=1S/C22H21N7O2S/c1-3-32-29-12-16(9-26-29)27-21(30)22(31)28-20-8-15-6-14(7-19(23)18(15)11-25-20)17-10-24-5-4-13(17)2/h4-12H,3,23H2,1-2H3,(H,27,30)(H,25,28,31). The Morgan fingerprint density at radius 2 is 1.94 bits per heavy atom. The molecular formula is C22H21N7O2S. The number of rotatable bonds is 5. The summed E-state index contributed by atoms with van der Waals surface area (Å²) in [4.78, 5) is 33.0. The predicted octanol–water partition coefficient (Wildman–Crippen LogP) is 3.48. The van der Waals surface area contributed by atoms with Crippen LogP contribution in [0.25, 0.3) is 21.9 Å². The lowest BCUT2D eigenvalue weighted by atomic mass is 9.99. The number of nitrogens with two attached hydrogens (primary N) is 1. The second-order valence-corrected chi connectivity index (χ2v) is 8.21. The van der Waals surface area contributed by atoms with E-state index in [2.05, 4.69) is 25.7 Å². The van der Waals surface area contributed by atoms with Gasteiger partial charge in [0.25, 0.3) is 0 Å². The third kappa shape index (κ3) is 4.54. The number of fused-ring (bicyclic) bond motifs is 1. The third-order valence-electron chi connectivity index (χ3n) is 4.75. The average molecular weight is 448 g/mol. The molecule has 32 heavy (non-hydrogen) atoms. The maximum Gasteiger partial charge on any atom is 0.315 e. The lowest BCUT2D eigenvalue weighted by Gasteiger charge is -2.11. The molecule has 9 nitrogen and oxygen atoms in total. The molecule has 4 rings (SSSR count). The van der Waals surface area contributed by atoms with Crippen LogP contribution in [0.4, 0.5) is 17.2 Å². The van der Waals surface area contributed by atoms with Crippen LogP contribution in [-0.4, -0.2) is 36.7 Å². The van der Waals surface area contributed by atoms with Crippen molar-refractivity contribution in [2.24, 2.45) is 0 Å². The molecule has 0 unspecified atom stereocenters. The number of aromatic nitrogens is 4. The third-order valence-corrected chi connectivity index (χ3v) is 5.47. The zero-order valence-electron chi connectivity index (χ0n) is 17.5. The fraction of sp³-hybridized carbons (Fsp3) is 0.136. The van der Waals surface area contributed by atoms with Crippen molar-refractivity contribution in [3.05, 3.63) is 60.8 Å². The molecule has 0 saturated heterocycles. The highest BCUT2D eigenvalue weighted by atomic mass is 32.2. The first-order valence-electron chi connectivity index (χ1n) is 9.85. The Morgan fingerprint density at radius 1 is 1.12 bits per heavy atom. The molecule has 2 amide bonds. The van der Waals surface area contributed by atoms with E-state index in [1.54, 1.807) is 34.9 Å². The van der Waals surface area contributed by atoms with Gasteiger partial charge < -0.3 is 16.4 Å². The fourth-order valence-corrected chi connectivity index (χ4v) is 3.78. The Labute approximate surface area is 188 Å². The summed E-state index contributed by atoms with van der Waals surface area (Å²) in [6, 6.07) is 7.43. The lowest BCUT2D eigenvalue weighted by molar-refractivity contribution is -0.133. The molecule has 10 heteroatoms. The molecule has 3 aromatic heterocycles. The first-order chi connectivity index (χ1) is 15.4. The van der Waals surface area contributed by atoms with Crippen LogP contribution in [0.15, 0.2) is 55.2 Å². The van der Waals surface area contributed by atoms with Gasteiger partial charge in [-0.1, -0.05) is 6.92 Å². The molecule has 0 atom stereocenters. The summed E-state index contributed by atoms with van der Waals surface area (Å²) in [5, 5.41) is 10.7. The van der Waals surface area contributed by atoms with E-state index in [1.807, 2.05) is 32.0 Å². The number of aryl methyl sites for hydroxylation is 1. The minimum Gasteiger partial charge on any atom is -0.398 e. The van der Waals surface area contributed by atoms with Crippen LogP contribution in [-0.2, 0) is 9.59 Å². The summed E-state index contributed by atoms with van der Waals surface area (Å²) in [5.41, 5.74) is 10.2. The average Bonchev–Trinajstić information content (AvgIpc) is 3.21. The topological polar surface area (TPSA) is 128 Å². The van der Waals surface area contributed by atoms with E-state index < -0.39 is 11.8 Å². The zero-order chi connectivity index (χ0) is 22.7. The minimum atomic E-state index is -0.833. The molecule has 0 spiro atoms. The number of amides is 2. The molecule has 1 aromatic carbocycles. The Morgan fingerprint density at radius 3 is 2.72 bits per heavy atom. The molecule has 0 fully saturated rings. The smallest absolute Gasteiger partial charge is 0.315 e. The Balaban J connectivity index is 1.54. The van der Waals surface area contributed by atoms with Gasteiger partial charge >= 0.3 is 11.8 Å². The second kappa shape index (κ2) is 9.06. The van der Waals surface area contributed by atoms with Crippen molar-refractivity contribution in [1.29, 1.82) is 0 Å². The molecular weight excluding hydrogens is 426 g/mol. The van der Waals surface area contributed by atoms with E-state index in [1.165, 1.54) is 18.1 Å². The maximum absolute atomic E-state index is 12.4. The van der Waals surface area contributed by atoms with Crippen molar-refractivity contribution in [2.45, 2.75) is 13.8 Å². The highest BCUT2D eigenvalue weighted by molar-refractivity contribution is 7.97. The predicted molar refractivity (Wildman–Crippen MR) is 127 cm³/mol. The van der Waals surface area contributed by atoms with Gasteiger partial charge in [0.15, 0.2) is 0 Å². The molecule has 0 bridgehead atoms. The molecule has 0 aliphatic heterocycles. The van der Waals surface area contributed by atoms with E-state index in [-0.39, 0.29) is 5.82 Å². The molecule has 162 valence electrons. The van der Waals surface area contributed by atoms with Crippen LogP contribution in [0.3, 0.4) is 0 Å². The van der Waals surface area contributed by atoms with E-state index in [9.17, 15) is 9.59 Å². The van der Waals surface area contributed by atoms with Gasteiger partial charge in [0.2, 0.25) is 0 Å². The van der Waals surface area contributed by atoms with Crippen LogP contribution < -0.4 is 16.4 Å². The SMILES string of the molecule is CCSn1cc(NC(=O)C(=O)Nc2cc3cc(-c4cnccc4C)cc(N)c3cn2)cn1. The van der Waals surface area contributed by atoms with Gasteiger partial charge in [0.05, 0.1) is 18.1 Å². The minimum absolute atomic E-state index is 0.245. The quantitative estimate of drug-likeness (QED) is 0.316. The van der Waals surface area contributed by atoms with Crippen LogP contribution >= 0.6 is 11.9 Å². The molecule has 4 aromatic rings. The van der Waals surface area contributed by atoms with E-state index in [0.717, 1.165) is 33.2 Å². The number of hydrogen-bond donors (Lipinski definition) is 3. The number of pyridine rings is 2. The van der Waals surface area contributed by atoms with Crippen LogP contribution in [0.1, 0.15) is 12.5 Å². The maximum atomic E-state index is 12.4. The number of nitrogens with one attached hydrogen (secondary N) is 2. The van der Waals surface area contributed by atoms with Crippen LogP contribution in [0, 0.1) is 6.92 Å². The largest absolute Gasteiger partial charge is 0.398 e. The van der Waals surface area contributed by atoms with Gasteiger partial charge in [0, 0.05) is 41.0 Å². The van der Waals surface area contributed by atoms with Crippen LogP contribution in [0.5, 0.6) is 0 Å². The number of carbonyl (C=O) groups is 2. The highest BCUT2D eigenvalue weighted by Gasteiger charge is 2.16. The van der Waals surface area contributed by atoms with Gasteiger partial charge in [-0.3, -0.25) is 14.6 Å². The van der Waals surface area contributed by atoms with E-state index in [4.69, 9.17) is 5.73 Å². The number of carbonyl (C=O) groups excluding carboxylic acids is 2. The number of nitrogens with zero attached hydrogens (tertiary/aromatic N) is 4. The van der Waals surface area contributed by atoms with Crippen molar-refractivity contribution in [3.63, 3.8) is 0 Å². The summed E-state index contributed by atoms with van der Waals surface area (Å²) in [5.74, 6) is -0.572. The first kappa shape index (κ1) is 21.3. The van der Waals surface area contributed by atoms with Crippen LogP contribution in [0.2, 0.25) is 0 Å². The van der Waals surface area contributed by atoms with Gasteiger partial charge in [-0.15, -0.1) is 0 Å². The molecule has 0 aliphatic rings. The fourth-order valence-electron chi connectivity index (χ4n) is 3.21. The van der Waals surface area contributed by atoms with Crippen molar-refractivity contribution in [2.75, 3.05) is 22.1 Å². The first-order valence-corrected chi connectivity index (χ1v) is 10.8. The van der Waals surface area contributed by atoms with Crippen molar-refractivity contribution < 1.29 is 9.59 Å². The normalized spacial score (nSPS) is 10.8. The van der Waals surface area contributed by atoms with Gasteiger partial charge in [0.1, 0.15) is 5.82 Å². The van der Waals surface area contributed by atoms with Crippen molar-refractivity contribution >= 4 is 51.7 Å². The van der Waals surface area contributed by atoms with Gasteiger partial charge in [-0.05, 0) is 59.7 Å². The second-order valence-electron chi connectivity index (χ2n) is 7.00.